The number of nitro benzene ring substituents is 1. The Morgan fingerprint density at radius 1 is 1.55 bits per heavy atom. The van der Waals surface area contributed by atoms with E-state index in [2.05, 4.69) is 26.6 Å². The zero-order chi connectivity index (χ0) is 14.8. The lowest BCUT2D eigenvalue weighted by molar-refractivity contribution is -0.385. The number of hydrogen-bond acceptors (Lipinski definition) is 4. The number of anilines is 1. The summed E-state index contributed by atoms with van der Waals surface area (Å²) in [4.78, 5) is 22.7. The number of carbonyl (C=O) groups is 1. The lowest BCUT2D eigenvalue weighted by Gasteiger charge is -2.32. The van der Waals surface area contributed by atoms with Crippen LogP contribution in [0.2, 0.25) is 0 Å². The fourth-order valence-corrected chi connectivity index (χ4v) is 2.65. The third-order valence-corrected chi connectivity index (χ3v) is 4.22. The molecule has 1 aromatic carbocycles. The first kappa shape index (κ1) is 14.9. The van der Waals surface area contributed by atoms with Crippen molar-refractivity contribution in [3.8, 4) is 0 Å². The van der Waals surface area contributed by atoms with Crippen molar-refractivity contribution in [2.75, 3.05) is 18.4 Å². The second kappa shape index (κ2) is 5.88. The largest absolute Gasteiger partial charge is 0.325 e. The van der Waals surface area contributed by atoms with E-state index in [-0.39, 0.29) is 11.6 Å². The van der Waals surface area contributed by atoms with E-state index < -0.39 is 10.3 Å². The van der Waals surface area contributed by atoms with Crippen molar-refractivity contribution in [3.63, 3.8) is 0 Å². The summed E-state index contributed by atoms with van der Waals surface area (Å²) in [5, 5.41) is 16.9. The van der Waals surface area contributed by atoms with Gasteiger partial charge in [-0.2, -0.15) is 0 Å². The van der Waals surface area contributed by atoms with Crippen molar-refractivity contribution in [1.82, 2.24) is 5.32 Å². The zero-order valence-corrected chi connectivity index (χ0v) is 12.7. The third kappa shape index (κ3) is 3.16. The van der Waals surface area contributed by atoms with Crippen LogP contribution in [0.3, 0.4) is 0 Å². The monoisotopic (exact) mass is 341 g/mol. The van der Waals surface area contributed by atoms with Gasteiger partial charge in [0, 0.05) is 18.3 Å². The number of nitro groups is 1. The number of piperidine rings is 1. The fraction of sp³-hybridized carbons (Fsp3) is 0.462. The number of benzene rings is 1. The van der Waals surface area contributed by atoms with Crippen LogP contribution in [0.4, 0.5) is 11.4 Å². The third-order valence-electron chi connectivity index (χ3n) is 3.55. The Labute approximate surface area is 125 Å². The summed E-state index contributed by atoms with van der Waals surface area (Å²) in [6, 6.07) is 4.57. The van der Waals surface area contributed by atoms with E-state index in [0.717, 1.165) is 19.4 Å². The van der Waals surface area contributed by atoms with Crippen LogP contribution in [0.25, 0.3) is 0 Å². The first-order chi connectivity index (χ1) is 9.42. The molecule has 0 spiro atoms. The van der Waals surface area contributed by atoms with Crippen LogP contribution in [0.5, 0.6) is 0 Å². The van der Waals surface area contributed by atoms with Gasteiger partial charge in [-0.1, -0.05) is 0 Å². The van der Waals surface area contributed by atoms with Gasteiger partial charge in [0.25, 0.3) is 5.69 Å². The second-order valence-corrected chi connectivity index (χ2v) is 6.07. The van der Waals surface area contributed by atoms with Gasteiger partial charge in [-0.05, 0) is 54.4 Å². The Hall–Kier alpha value is -1.47. The Balaban J connectivity index is 2.15. The molecular formula is C13H16BrN3O3. The summed E-state index contributed by atoms with van der Waals surface area (Å²) >= 11 is 3.12. The first-order valence-electron chi connectivity index (χ1n) is 6.38. The van der Waals surface area contributed by atoms with Crippen LogP contribution in [0, 0.1) is 15.5 Å². The van der Waals surface area contributed by atoms with Crippen LogP contribution in [0.15, 0.2) is 22.7 Å². The maximum atomic E-state index is 12.3. The van der Waals surface area contributed by atoms with Gasteiger partial charge in [0.15, 0.2) is 0 Å². The van der Waals surface area contributed by atoms with E-state index in [9.17, 15) is 14.9 Å². The molecule has 108 valence electrons. The molecule has 2 rings (SSSR count). The molecule has 0 radical (unpaired) electrons. The SMILES string of the molecule is CC1(C(=O)Nc2ccc(Br)c([N+](=O)[O-])c2)CCCNC1. The summed E-state index contributed by atoms with van der Waals surface area (Å²) in [5.41, 5.74) is -0.0912. The van der Waals surface area contributed by atoms with Crippen molar-refractivity contribution in [2.45, 2.75) is 19.8 Å². The van der Waals surface area contributed by atoms with Gasteiger partial charge >= 0.3 is 0 Å². The average Bonchev–Trinajstić information content (AvgIpc) is 2.41. The molecule has 0 bridgehead atoms. The molecule has 1 aliphatic rings. The van der Waals surface area contributed by atoms with Crippen LogP contribution in [0.1, 0.15) is 19.8 Å². The Morgan fingerprint density at radius 3 is 2.90 bits per heavy atom. The van der Waals surface area contributed by atoms with Gasteiger partial charge in [0.1, 0.15) is 0 Å². The van der Waals surface area contributed by atoms with E-state index in [1.165, 1.54) is 6.07 Å². The van der Waals surface area contributed by atoms with Crippen molar-refractivity contribution in [2.24, 2.45) is 5.41 Å². The summed E-state index contributed by atoms with van der Waals surface area (Å²) in [6.07, 6.45) is 1.76. The normalized spacial score (nSPS) is 22.3. The molecule has 1 fully saturated rings. The maximum absolute atomic E-state index is 12.3. The minimum Gasteiger partial charge on any atom is -0.325 e. The molecule has 20 heavy (non-hydrogen) atoms. The van der Waals surface area contributed by atoms with Crippen molar-refractivity contribution >= 4 is 33.2 Å². The highest BCUT2D eigenvalue weighted by Crippen LogP contribution is 2.30. The Kier molecular flexibility index (Phi) is 4.39. The topological polar surface area (TPSA) is 84.3 Å². The number of carbonyl (C=O) groups excluding carboxylic acids is 1. The van der Waals surface area contributed by atoms with Crippen LogP contribution in [-0.4, -0.2) is 23.9 Å². The number of nitrogens with zero attached hydrogens (tertiary/aromatic N) is 1. The molecule has 1 aliphatic heterocycles. The van der Waals surface area contributed by atoms with Crippen molar-refractivity contribution < 1.29 is 9.72 Å². The number of rotatable bonds is 3. The summed E-state index contributed by atoms with van der Waals surface area (Å²) in [5.74, 6) is -0.110. The molecular weight excluding hydrogens is 326 g/mol. The lowest BCUT2D eigenvalue weighted by Crippen LogP contribution is -2.46. The molecule has 0 aliphatic carbocycles. The number of amides is 1. The smallest absolute Gasteiger partial charge is 0.285 e. The zero-order valence-electron chi connectivity index (χ0n) is 11.1. The van der Waals surface area contributed by atoms with Crippen LogP contribution < -0.4 is 10.6 Å². The van der Waals surface area contributed by atoms with Crippen LogP contribution in [-0.2, 0) is 4.79 Å². The fourth-order valence-electron chi connectivity index (χ4n) is 2.26. The summed E-state index contributed by atoms with van der Waals surface area (Å²) < 4.78 is 0.394. The van der Waals surface area contributed by atoms with E-state index in [1.54, 1.807) is 12.1 Å². The Morgan fingerprint density at radius 2 is 2.30 bits per heavy atom. The Bertz CT molecular complexity index is 542. The molecule has 7 heteroatoms. The van der Waals surface area contributed by atoms with Gasteiger partial charge in [-0.3, -0.25) is 14.9 Å². The molecule has 0 saturated carbocycles. The first-order valence-corrected chi connectivity index (χ1v) is 7.18. The standard InChI is InChI=1S/C13H16BrN3O3/c1-13(5-2-6-15-8-13)12(18)16-9-3-4-10(14)11(7-9)17(19)20/h3-4,7,15H,2,5-6,8H2,1H3,(H,16,18). The molecule has 1 amide bonds. The van der Waals surface area contributed by atoms with E-state index in [0.29, 0.717) is 16.7 Å². The molecule has 6 nitrogen and oxygen atoms in total. The second-order valence-electron chi connectivity index (χ2n) is 5.22. The molecule has 1 unspecified atom stereocenters. The number of hydrogen-bond donors (Lipinski definition) is 2. The quantitative estimate of drug-likeness (QED) is 0.653. The highest BCUT2D eigenvalue weighted by Gasteiger charge is 2.34. The molecule has 2 N–H and O–H groups in total. The van der Waals surface area contributed by atoms with E-state index >= 15 is 0 Å². The van der Waals surface area contributed by atoms with Gasteiger partial charge in [0.05, 0.1) is 14.8 Å². The maximum Gasteiger partial charge on any atom is 0.285 e. The molecule has 1 atom stereocenters. The minimum absolute atomic E-state index is 0.0604. The molecule has 1 aromatic rings. The van der Waals surface area contributed by atoms with Gasteiger partial charge in [0.2, 0.25) is 5.91 Å². The summed E-state index contributed by atoms with van der Waals surface area (Å²) in [6.45, 7) is 3.45. The molecule has 1 saturated heterocycles. The summed E-state index contributed by atoms with van der Waals surface area (Å²) in [7, 11) is 0. The average molecular weight is 342 g/mol. The predicted octanol–water partition coefficient (Wildman–Crippen LogP) is 2.69. The van der Waals surface area contributed by atoms with E-state index in [4.69, 9.17) is 0 Å². The minimum atomic E-state index is -0.483. The molecule has 1 heterocycles. The highest BCUT2D eigenvalue weighted by atomic mass is 79.9. The van der Waals surface area contributed by atoms with Crippen molar-refractivity contribution in [1.29, 1.82) is 0 Å². The number of halogens is 1. The number of nitrogens with one attached hydrogen (secondary N) is 2. The van der Waals surface area contributed by atoms with Gasteiger partial charge in [-0.15, -0.1) is 0 Å². The predicted molar refractivity (Wildman–Crippen MR) is 79.6 cm³/mol. The lowest BCUT2D eigenvalue weighted by atomic mass is 9.82. The van der Waals surface area contributed by atoms with Crippen LogP contribution >= 0.6 is 15.9 Å². The van der Waals surface area contributed by atoms with Crippen molar-refractivity contribution in [3.05, 3.63) is 32.8 Å². The highest BCUT2D eigenvalue weighted by molar-refractivity contribution is 9.10. The van der Waals surface area contributed by atoms with Gasteiger partial charge in [-0.25, -0.2) is 0 Å². The van der Waals surface area contributed by atoms with Gasteiger partial charge < -0.3 is 10.6 Å². The molecule has 0 aromatic heterocycles. The van der Waals surface area contributed by atoms with E-state index in [1.807, 2.05) is 6.92 Å².